The number of carbonyl (C=O) groups excluding carboxylic acids is 1. The van der Waals surface area contributed by atoms with Crippen LogP contribution in [0, 0.1) is 0 Å². The van der Waals surface area contributed by atoms with Gasteiger partial charge < -0.3 is 9.64 Å². The van der Waals surface area contributed by atoms with Crippen LogP contribution in [-0.2, 0) is 4.74 Å². The molecular formula is C30H41N7O2S2. The van der Waals surface area contributed by atoms with Gasteiger partial charge in [-0.15, -0.1) is 23.5 Å². The van der Waals surface area contributed by atoms with Crippen LogP contribution in [0.2, 0.25) is 0 Å². The van der Waals surface area contributed by atoms with Gasteiger partial charge in [-0.3, -0.25) is 0 Å². The predicted octanol–water partition coefficient (Wildman–Crippen LogP) is 7.06. The molecule has 0 spiro atoms. The SMILES string of the molecule is CSc1cc(C2CCCCC2)nc2ccnn12.CSc1cc(C2CCCN(C(=O)OC(C)(C)C)C2)nc2ccnn12. The fraction of sp³-hybridized carbons (Fsp3) is 0.567. The van der Waals surface area contributed by atoms with E-state index in [1.165, 1.54) is 42.8 Å². The third-order valence-corrected chi connectivity index (χ3v) is 9.04. The second kappa shape index (κ2) is 13.0. The third kappa shape index (κ3) is 7.17. The number of aromatic nitrogens is 6. The van der Waals surface area contributed by atoms with Crippen molar-refractivity contribution in [3.8, 4) is 0 Å². The molecule has 5 heterocycles. The molecule has 1 saturated heterocycles. The highest BCUT2D eigenvalue weighted by molar-refractivity contribution is 7.98. The molecule has 4 aromatic heterocycles. The van der Waals surface area contributed by atoms with Crippen LogP contribution in [0.3, 0.4) is 0 Å². The van der Waals surface area contributed by atoms with Crippen LogP contribution in [0.25, 0.3) is 11.3 Å². The Kier molecular flexibility index (Phi) is 9.43. The van der Waals surface area contributed by atoms with Crippen molar-refractivity contribution in [3.63, 3.8) is 0 Å². The minimum absolute atomic E-state index is 0.233. The molecule has 1 saturated carbocycles. The van der Waals surface area contributed by atoms with Gasteiger partial charge in [0.2, 0.25) is 0 Å². The molecule has 1 atom stereocenters. The molecule has 0 bridgehead atoms. The highest BCUT2D eigenvalue weighted by atomic mass is 32.2. The number of ether oxygens (including phenoxy) is 1. The first-order valence-electron chi connectivity index (χ1n) is 14.5. The van der Waals surface area contributed by atoms with E-state index >= 15 is 0 Å². The summed E-state index contributed by atoms with van der Waals surface area (Å²) >= 11 is 3.39. The zero-order chi connectivity index (χ0) is 29.0. The molecule has 2 fully saturated rings. The van der Waals surface area contributed by atoms with Crippen LogP contribution in [0.5, 0.6) is 0 Å². The van der Waals surface area contributed by atoms with E-state index in [1.807, 2.05) is 54.4 Å². The molecule has 1 aliphatic carbocycles. The van der Waals surface area contributed by atoms with E-state index in [0.29, 0.717) is 12.5 Å². The van der Waals surface area contributed by atoms with Gasteiger partial charge in [0.25, 0.3) is 0 Å². The van der Waals surface area contributed by atoms with Gasteiger partial charge in [0.1, 0.15) is 15.7 Å². The first kappa shape index (κ1) is 29.7. The number of likely N-dealkylation sites (tertiary alicyclic amines) is 1. The number of rotatable bonds is 4. The van der Waals surface area contributed by atoms with Crippen LogP contribution < -0.4 is 0 Å². The lowest BCUT2D eigenvalue weighted by molar-refractivity contribution is 0.0197. The number of hydrogen-bond acceptors (Lipinski definition) is 8. The van der Waals surface area contributed by atoms with Gasteiger partial charge in [-0.25, -0.2) is 23.8 Å². The molecule has 6 rings (SSSR count). The maximum Gasteiger partial charge on any atom is 0.410 e. The summed E-state index contributed by atoms with van der Waals surface area (Å²) in [5.74, 6) is 0.895. The van der Waals surface area contributed by atoms with Gasteiger partial charge in [-0.2, -0.15) is 10.2 Å². The van der Waals surface area contributed by atoms with Crippen molar-refractivity contribution in [2.24, 2.45) is 0 Å². The smallest absolute Gasteiger partial charge is 0.410 e. The van der Waals surface area contributed by atoms with Gasteiger partial charge in [0, 0.05) is 42.8 Å². The lowest BCUT2D eigenvalue weighted by Gasteiger charge is -2.34. The Balaban J connectivity index is 0.000000174. The Hall–Kier alpha value is -2.79. The standard InChI is InChI=1S/C17H24N4O2S.C13H17N3S/c1-17(2,3)23-16(22)20-9-5-6-12(11-20)13-10-15(24-4)21-14(19-13)7-8-18-21;1-17-13-9-11(10-5-3-2-4-6-10)15-12-7-8-14-16(12)13/h7-8,10,12H,5-6,9,11H2,1-4H3;7-10H,2-6H2,1H3. The molecular weight excluding hydrogens is 555 g/mol. The zero-order valence-corrected chi connectivity index (χ0v) is 26.4. The molecule has 0 aromatic carbocycles. The Bertz CT molecular complexity index is 1470. The van der Waals surface area contributed by atoms with Crippen molar-refractivity contribution in [1.29, 1.82) is 0 Å². The maximum atomic E-state index is 12.3. The van der Waals surface area contributed by atoms with Crippen molar-refractivity contribution in [2.75, 3.05) is 25.6 Å². The third-order valence-electron chi connectivity index (χ3n) is 7.63. The molecule has 4 aromatic rings. The number of hydrogen-bond donors (Lipinski definition) is 0. The molecule has 9 nitrogen and oxygen atoms in total. The summed E-state index contributed by atoms with van der Waals surface area (Å²) in [7, 11) is 0. The maximum absolute atomic E-state index is 12.3. The van der Waals surface area contributed by atoms with E-state index in [4.69, 9.17) is 14.7 Å². The number of amides is 1. The largest absolute Gasteiger partial charge is 0.444 e. The van der Waals surface area contributed by atoms with E-state index in [2.05, 4.69) is 28.6 Å². The first-order valence-corrected chi connectivity index (χ1v) is 17.0. The topological polar surface area (TPSA) is 89.9 Å². The molecule has 41 heavy (non-hydrogen) atoms. The number of carbonyl (C=O) groups is 1. The number of thioether (sulfide) groups is 2. The van der Waals surface area contributed by atoms with Crippen LogP contribution in [0.15, 0.2) is 46.7 Å². The Morgan fingerprint density at radius 3 is 1.90 bits per heavy atom. The molecule has 11 heteroatoms. The van der Waals surface area contributed by atoms with Crippen molar-refractivity contribution in [2.45, 2.75) is 93.2 Å². The van der Waals surface area contributed by atoms with Gasteiger partial charge >= 0.3 is 6.09 Å². The molecule has 0 radical (unpaired) electrons. The average molecular weight is 596 g/mol. The Labute approximate surface area is 250 Å². The van der Waals surface area contributed by atoms with E-state index in [1.54, 1.807) is 34.6 Å². The Morgan fingerprint density at radius 1 is 0.829 bits per heavy atom. The van der Waals surface area contributed by atoms with Gasteiger partial charge in [-0.05, 0) is 71.1 Å². The molecule has 0 N–H and O–H groups in total. The summed E-state index contributed by atoms with van der Waals surface area (Å²) in [6, 6.07) is 8.22. The summed E-state index contributed by atoms with van der Waals surface area (Å²) in [6.45, 7) is 7.08. The van der Waals surface area contributed by atoms with Crippen molar-refractivity contribution < 1.29 is 9.53 Å². The Morgan fingerprint density at radius 2 is 1.37 bits per heavy atom. The summed E-state index contributed by atoms with van der Waals surface area (Å²) < 4.78 is 9.29. The van der Waals surface area contributed by atoms with Gasteiger partial charge in [0.05, 0.1) is 18.1 Å². The molecule has 2 aliphatic rings. The minimum Gasteiger partial charge on any atom is -0.444 e. The van der Waals surface area contributed by atoms with Crippen molar-refractivity contribution in [3.05, 3.63) is 48.0 Å². The zero-order valence-electron chi connectivity index (χ0n) is 24.7. The highest BCUT2D eigenvalue weighted by Gasteiger charge is 2.29. The fourth-order valence-electron chi connectivity index (χ4n) is 5.62. The van der Waals surface area contributed by atoms with Crippen LogP contribution >= 0.6 is 23.5 Å². The molecule has 1 aliphatic heterocycles. The van der Waals surface area contributed by atoms with E-state index in [0.717, 1.165) is 41.4 Å². The second-order valence-corrected chi connectivity index (χ2v) is 13.4. The minimum atomic E-state index is -0.467. The summed E-state index contributed by atoms with van der Waals surface area (Å²) in [4.78, 5) is 23.7. The lowest BCUT2D eigenvalue weighted by Crippen LogP contribution is -2.42. The lowest BCUT2D eigenvalue weighted by atomic mass is 9.87. The quantitative estimate of drug-likeness (QED) is 0.183. The van der Waals surface area contributed by atoms with Crippen LogP contribution in [0.1, 0.15) is 88.9 Å². The monoisotopic (exact) mass is 595 g/mol. The van der Waals surface area contributed by atoms with E-state index in [9.17, 15) is 4.79 Å². The van der Waals surface area contributed by atoms with Gasteiger partial charge in [0.15, 0.2) is 11.3 Å². The van der Waals surface area contributed by atoms with E-state index < -0.39 is 5.60 Å². The number of piperidine rings is 1. The number of fused-ring (bicyclic) bond motifs is 2. The summed E-state index contributed by atoms with van der Waals surface area (Å²) in [5.41, 5.74) is 3.66. The predicted molar refractivity (Wildman–Crippen MR) is 165 cm³/mol. The first-order chi connectivity index (χ1) is 19.8. The highest BCUT2D eigenvalue weighted by Crippen LogP contribution is 2.33. The fourth-order valence-corrected chi connectivity index (χ4v) is 6.73. The van der Waals surface area contributed by atoms with E-state index in [-0.39, 0.29) is 12.0 Å². The molecule has 1 unspecified atom stereocenters. The molecule has 220 valence electrons. The summed E-state index contributed by atoms with van der Waals surface area (Å²) in [6.07, 6.45) is 16.2. The van der Waals surface area contributed by atoms with Crippen molar-refractivity contribution in [1.82, 2.24) is 34.1 Å². The second-order valence-electron chi connectivity index (χ2n) is 11.7. The number of nitrogens with zero attached hydrogens (tertiary/aromatic N) is 7. The van der Waals surface area contributed by atoms with Crippen molar-refractivity contribution >= 4 is 40.9 Å². The normalized spacial score (nSPS) is 18.4. The molecule has 1 amide bonds. The van der Waals surface area contributed by atoms with Crippen LogP contribution in [-0.4, -0.2) is 71.4 Å². The average Bonchev–Trinajstić information content (AvgIpc) is 3.66. The van der Waals surface area contributed by atoms with Gasteiger partial charge in [-0.1, -0.05) is 19.3 Å². The summed E-state index contributed by atoms with van der Waals surface area (Å²) in [5, 5.41) is 10.9. The van der Waals surface area contributed by atoms with Crippen LogP contribution in [0.4, 0.5) is 4.79 Å².